The molecule has 0 spiro atoms. The minimum absolute atomic E-state index is 0.177. The molecule has 3 atom stereocenters. The number of amides is 1. The Hall–Kier alpha value is -3.81. The summed E-state index contributed by atoms with van der Waals surface area (Å²) in [6.45, 7) is 2.19. The zero-order chi connectivity index (χ0) is 26.7. The van der Waals surface area contributed by atoms with Crippen molar-refractivity contribution in [3.8, 4) is 0 Å². The molecule has 1 heterocycles. The van der Waals surface area contributed by atoms with Crippen LogP contribution in [0.25, 0.3) is 0 Å². The van der Waals surface area contributed by atoms with Crippen molar-refractivity contribution in [2.24, 2.45) is 0 Å². The monoisotopic (exact) mass is 514 g/mol. The molecule has 3 aromatic rings. The summed E-state index contributed by atoms with van der Waals surface area (Å²) < 4.78 is 11.3. The second-order valence-electron chi connectivity index (χ2n) is 9.25. The summed E-state index contributed by atoms with van der Waals surface area (Å²) in [6, 6.07) is 25.6. The maximum absolute atomic E-state index is 14.0. The van der Waals surface area contributed by atoms with Crippen LogP contribution in [0.4, 0.5) is 5.69 Å². The van der Waals surface area contributed by atoms with E-state index in [2.05, 4.69) is 5.32 Å². The summed E-state index contributed by atoms with van der Waals surface area (Å²) in [6.07, 6.45) is 1.74. The third-order valence-corrected chi connectivity index (χ3v) is 6.66. The maximum Gasteiger partial charge on any atom is 0.323 e. The lowest BCUT2D eigenvalue weighted by Gasteiger charge is -2.31. The number of hydrogen-bond donors (Lipinski definition) is 1. The zero-order valence-electron chi connectivity index (χ0n) is 21.6. The average molecular weight is 515 g/mol. The van der Waals surface area contributed by atoms with E-state index in [0.29, 0.717) is 37.7 Å². The number of hydrogen-bond acceptors (Lipinski definition) is 6. The van der Waals surface area contributed by atoms with Crippen LogP contribution in [0.3, 0.4) is 0 Å². The van der Waals surface area contributed by atoms with Crippen LogP contribution in [0, 0.1) is 0 Å². The largest absolute Gasteiger partial charge is 0.465 e. The zero-order valence-corrected chi connectivity index (χ0v) is 21.6. The Kier molecular flexibility index (Phi) is 9.78. The predicted octanol–water partition coefficient (Wildman–Crippen LogP) is 4.23. The molecule has 7 heteroatoms. The van der Waals surface area contributed by atoms with E-state index >= 15 is 0 Å². The van der Waals surface area contributed by atoms with Crippen LogP contribution in [0.1, 0.15) is 36.5 Å². The minimum atomic E-state index is -1.11. The molecule has 198 valence electrons. The highest BCUT2D eigenvalue weighted by molar-refractivity contribution is 6.01. The molecule has 4 rings (SSSR count). The summed E-state index contributed by atoms with van der Waals surface area (Å²) in [5.74, 6) is -0.703. The number of aldehydes is 1. The average Bonchev–Trinajstić information content (AvgIpc) is 3.09. The number of anilines is 1. The van der Waals surface area contributed by atoms with E-state index in [9.17, 15) is 14.4 Å². The Morgan fingerprint density at radius 2 is 1.66 bits per heavy atom. The molecule has 7 nitrogen and oxygen atoms in total. The van der Waals surface area contributed by atoms with E-state index in [1.54, 1.807) is 6.92 Å². The molecule has 3 unspecified atom stereocenters. The van der Waals surface area contributed by atoms with Crippen molar-refractivity contribution in [1.82, 2.24) is 5.32 Å². The van der Waals surface area contributed by atoms with Gasteiger partial charge < -0.3 is 9.47 Å². The molecule has 0 fully saturated rings. The van der Waals surface area contributed by atoms with Crippen LogP contribution in [0.15, 0.2) is 84.9 Å². The summed E-state index contributed by atoms with van der Waals surface area (Å²) in [5, 5.41) is 3.28. The number of benzene rings is 3. The standard InChI is InChI=1S/C31H34N2O5/c1-2-37-31(36)27(19-17-23-11-5-3-6-12-23)32-26-20-18-25-15-9-10-16-28(25)33(30(26)35)29(21-34)38-22-24-13-7-4-8-14-24/h3-16,21,26-27,29,32H,2,17-20,22H2,1H3. The van der Waals surface area contributed by atoms with Crippen LogP contribution in [-0.4, -0.2) is 43.1 Å². The Bertz CT molecular complexity index is 1200. The second-order valence-corrected chi connectivity index (χ2v) is 9.25. The summed E-state index contributed by atoms with van der Waals surface area (Å²) in [4.78, 5) is 40.6. The molecule has 1 amide bonds. The third kappa shape index (κ3) is 6.94. The molecular formula is C31H34N2O5. The molecule has 0 saturated heterocycles. The number of para-hydroxylation sites is 1. The Morgan fingerprint density at radius 1 is 1.00 bits per heavy atom. The highest BCUT2D eigenvalue weighted by Crippen LogP contribution is 2.29. The molecule has 0 radical (unpaired) electrons. The van der Waals surface area contributed by atoms with Gasteiger partial charge in [-0.05, 0) is 55.4 Å². The number of esters is 1. The molecule has 0 aromatic heterocycles. The third-order valence-electron chi connectivity index (χ3n) is 6.66. The molecule has 38 heavy (non-hydrogen) atoms. The lowest BCUT2D eigenvalue weighted by atomic mass is 10.0. The van der Waals surface area contributed by atoms with Gasteiger partial charge in [0, 0.05) is 5.69 Å². The topological polar surface area (TPSA) is 84.9 Å². The smallest absolute Gasteiger partial charge is 0.323 e. The SMILES string of the molecule is CCOC(=O)C(CCc1ccccc1)NC1CCc2ccccc2N(C(C=O)OCc2ccccc2)C1=O. The summed E-state index contributed by atoms with van der Waals surface area (Å²) in [5.41, 5.74) is 3.58. The van der Waals surface area contributed by atoms with Gasteiger partial charge in [-0.15, -0.1) is 0 Å². The Balaban J connectivity index is 1.56. The molecule has 1 aliphatic rings. The highest BCUT2D eigenvalue weighted by atomic mass is 16.5. The normalized spacial score (nSPS) is 16.7. The number of rotatable bonds is 12. The van der Waals surface area contributed by atoms with Gasteiger partial charge in [-0.1, -0.05) is 78.9 Å². The molecule has 3 aromatic carbocycles. The number of fused-ring (bicyclic) bond motifs is 1. The summed E-state index contributed by atoms with van der Waals surface area (Å²) >= 11 is 0. The van der Waals surface area contributed by atoms with Crippen molar-refractivity contribution in [3.63, 3.8) is 0 Å². The van der Waals surface area contributed by atoms with Crippen molar-refractivity contribution < 1.29 is 23.9 Å². The fourth-order valence-corrected chi connectivity index (χ4v) is 4.73. The van der Waals surface area contributed by atoms with E-state index < -0.39 is 24.3 Å². The van der Waals surface area contributed by atoms with Gasteiger partial charge in [0.1, 0.15) is 6.04 Å². The van der Waals surface area contributed by atoms with E-state index in [0.717, 1.165) is 16.7 Å². The molecular weight excluding hydrogens is 480 g/mol. The number of carbonyl (C=O) groups is 3. The van der Waals surface area contributed by atoms with Gasteiger partial charge in [0.05, 0.1) is 19.3 Å². The fourth-order valence-electron chi connectivity index (χ4n) is 4.73. The first-order chi connectivity index (χ1) is 18.6. The van der Waals surface area contributed by atoms with Crippen LogP contribution < -0.4 is 10.2 Å². The van der Waals surface area contributed by atoms with Gasteiger partial charge in [0.25, 0.3) is 0 Å². The molecule has 0 saturated carbocycles. The molecule has 0 aliphatic carbocycles. The van der Waals surface area contributed by atoms with Crippen molar-refractivity contribution in [3.05, 3.63) is 102 Å². The van der Waals surface area contributed by atoms with Crippen LogP contribution >= 0.6 is 0 Å². The lowest BCUT2D eigenvalue weighted by Crippen LogP contribution is -2.55. The number of carbonyl (C=O) groups excluding carboxylic acids is 3. The van der Waals surface area contributed by atoms with E-state index in [1.165, 1.54) is 4.90 Å². The minimum Gasteiger partial charge on any atom is -0.465 e. The van der Waals surface area contributed by atoms with Crippen LogP contribution in [0.5, 0.6) is 0 Å². The van der Waals surface area contributed by atoms with E-state index in [-0.39, 0.29) is 19.1 Å². The van der Waals surface area contributed by atoms with Gasteiger partial charge >= 0.3 is 5.97 Å². The second kappa shape index (κ2) is 13.7. The van der Waals surface area contributed by atoms with Gasteiger partial charge in [-0.3, -0.25) is 24.6 Å². The van der Waals surface area contributed by atoms with Crippen LogP contribution in [0.2, 0.25) is 0 Å². The maximum atomic E-state index is 14.0. The van der Waals surface area contributed by atoms with Crippen molar-refractivity contribution in [2.45, 2.75) is 57.5 Å². The lowest BCUT2D eigenvalue weighted by molar-refractivity contribution is -0.146. The number of ether oxygens (including phenoxy) is 2. The van der Waals surface area contributed by atoms with Gasteiger partial charge in [-0.25, -0.2) is 0 Å². The highest BCUT2D eigenvalue weighted by Gasteiger charge is 2.37. The van der Waals surface area contributed by atoms with Crippen LogP contribution in [-0.2, 0) is 43.3 Å². The molecule has 0 bridgehead atoms. The first-order valence-electron chi connectivity index (χ1n) is 13.1. The van der Waals surface area contributed by atoms with Gasteiger partial charge in [-0.2, -0.15) is 0 Å². The van der Waals surface area contributed by atoms with Crippen molar-refractivity contribution >= 4 is 23.9 Å². The number of aryl methyl sites for hydroxylation is 2. The number of nitrogens with zero attached hydrogens (tertiary/aromatic N) is 1. The van der Waals surface area contributed by atoms with E-state index in [1.807, 2.05) is 84.9 Å². The van der Waals surface area contributed by atoms with Crippen molar-refractivity contribution in [1.29, 1.82) is 0 Å². The van der Waals surface area contributed by atoms with Gasteiger partial charge in [0.2, 0.25) is 5.91 Å². The van der Waals surface area contributed by atoms with Gasteiger partial charge in [0.15, 0.2) is 12.5 Å². The predicted molar refractivity (Wildman–Crippen MR) is 145 cm³/mol. The van der Waals surface area contributed by atoms with E-state index in [4.69, 9.17) is 9.47 Å². The Morgan fingerprint density at radius 3 is 2.34 bits per heavy atom. The Labute approximate surface area is 223 Å². The number of nitrogens with one attached hydrogen (secondary N) is 1. The first kappa shape index (κ1) is 27.2. The summed E-state index contributed by atoms with van der Waals surface area (Å²) in [7, 11) is 0. The first-order valence-corrected chi connectivity index (χ1v) is 13.1. The molecule has 1 N–H and O–H groups in total. The molecule has 1 aliphatic heterocycles. The van der Waals surface area contributed by atoms with Crippen molar-refractivity contribution in [2.75, 3.05) is 11.5 Å². The quantitative estimate of drug-likeness (QED) is 0.288. The fraction of sp³-hybridized carbons (Fsp3) is 0.323.